The number of benzene rings is 3. The van der Waals surface area contributed by atoms with Gasteiger partial charge in [-0.3, -0.25) is 10.2 Å². The zero-order valence-electron chi connectivity index (χ0n) is 28.2. The summed E-state index contributed by atoms with van der Waals surface area (Å²) in [5, 5.41) is 8.58. The van der Waals surface area contributed by atoms with Crippen molar-refractivity contribution in [1.29, 1.82) is 5.41 Å². The molecule has 0 aliphatic carbocycles. The molecular weight excluding hydrogens is 794 g/mol. The lowest BCUT2D eigenvalue weighted by Gasteiger charge is -2.36. The predicted octanol–water partition coefficient (Wildman–Crippen LogP) is 5.55. The van der Waals surface area contributed by atoms with Crippen LogP contribution in [0, 0.1) is 19.3 Å². The predicted molar refractivity (Wildman–Crippen MR) is 206 cm³/mol. The minimum Gasteiger partial charge on any atom is -0.487 e. The number of sulfonamides is 2. The fraction of sp³-hybridized carbons (Fsp3) is 0.324. The highest BCUT2D eigenvalue weighted by atomic mass is 35.5. The zero-order chi connectivity index (χ0) is 36.0. The Morgan fingerprint density at radius 3 is 2.27 bits per heavy atom. The molecule has 0 saturated carbocycles. The van der Waals surface area contributed by atoms with E-state index in [0.29, 0.717) is 29.7 Å². The zero-order valence-corrected chi connectivity index (χ0v) is 33.0. The number of aryl methyl sites for hydroxylation is 2. The van der Waals surface area contributed by atoms with Gasteiger partial charge in [-0.1, -0.05) is 35.3 Å². The fourth-order valence-corrected chi connectivity index (χ4v) is 10.4. The third kappa shape index (κ3) is 7.99. The van der Waals surface area contributed by atoms with E-state index in [1.165, 1.54) is 49.9 Å². The third-order valence-electron chi connectivity index (χ3n) is 9.09. The number of aromatic nitrogens is 1. The lowest BCUT2D eigenvalue weighted by atomic mass is 10.1. The maximum Gasteiger partial charge on any atom is 0.245 e. The van der Waals surface area contributed by atoms with Crippen molar-refractivity contribution in [3.63, 3.8) is 0 Å². The van der Waals surface area contributed by atoms with Crippen molar-refractivity contribution in [3.05, 3.63) is 93.1 Å². The molecule has 0 spiro atoms. The molecule has 3 heterocycles. The van der Waals surface area contributed by atoms with Crippen LogP contribution in [0.5, 0.6) is 5.75 Å². The number of hydrogen-bond acceptors (Lipinski definition) is 8. The Hall–Kier alpha value is -3.21. The topological polar surface area (TPSA) is 167 Å². The maximum absolute atomic E-state index is 14.1. The van der Waals surface area contributed by atoms with Gasteiger partial charge in [0.2, 0.25) is 26.0 Å². The average molecular weight is 833 g/mol. The smallest absolute Gasteiger partial charge is 0.245 e. The molecule has 2 aliphatic rings. The van der Waals surface area contributed by atoms with Gasteiger partial charge in [0.05, 0.1) is 9.92 Å². The number of para-hydroxylation sites is 1. The molecule has 3 N–H and O–H groups in total. The molecule has 52 heavy (non-hydrogen) atoms. The molecule has 4 aromatic rings. The Labute approximate surface area is 325 Å². The molecule has 280 valence electrons. The van der Waals surface area contributed by atoms with Crippen molar-refractivity contribution in [3.8, 4) is 5.75 Å². The van der Waals surface area contributed by atoms with E-state index in [2.05, 4.69) is 4.98 Å². The Kier molecular flexibility index (Phi) is 13.1. The van der Waals surface area contributed by atoms with E-state index in [1.54, 1.807) is 6.07 Å². The summed E-state index contributed by atoms with van der Waals surface area (Å²) in [6.07, 6.45) is 0.779. The molecule has 0 radical (unpaired) electrons. The number of nitrogens with zero attached hydrogens (tertiary/aromatic N) is 4. The highest BCUT2D eigenvalue weighted by Crippen LogP contribution is 2.37. The lowest BCUT2D eigenvalue weighted by Crippen LogP contribution is -2.55. The standard InChI is InChI=1S/C34H36Cl2N6O6S2.2ClH/c1-21-19-22(2)39-32-25(21)5-3-7-29(32)48-20-26-27(35)12-13-30(31(26)36)50(46,47)42-14-4-6-28(42)34(43)40-15-17-41(18-16-40)49(44,45)24-10-8-23(9-11-24)33(37)38;;/h3,5,7-13,19,28H,4,6,14-18,20H2,1-2H3,(H3,37,38);2*1H/t28-;;/m0../s1. The molecule has 6 rings (SSSR count). The first kappa shape index (κ1) is 41.5. The third-order valence-corrected chi connectivity index (χ3v) is 13.9. The molecule has 12 nitrogen and oxygen atoms in total. The summed E-state index contributed by atoms with van der Waals surface area (Å²) in [6.45, 7) is 4.16. The molecule has 0 unspecified atom stereocenters. The lowest BCUT2D eigenvalue weighted by molar-refractivity contribution is -0.135. The first-order chi connectivity index (χ1) is 23.7. The second kappa shape index (κ2) is 16.4. The molecule has 0 bridgehead atoms. The first-order valence-corrected chi connectivity index (χ1v) is 19.6. The summed E-state index contributed by atoms with van der Waals surface area (Å²) >= 11 is 13.3. The van der Waals surface area contributed by atoms with Crippen LogP contribution in [0.3, 0.4) is 0 Å². The van der Waals surface area contributed by atoms with E-state index >= 15 is 0 Å². The van der Waals surface area contributed by atoms with Gasteiger partial charge in [-0.25, -0.2) is 21.8 Å². The van der Waals surface area contributed by atoms with E-state index in [9.17, 15) is 21.6 Å². The minimum atomic E-state index is -4.25. The van der Waals surface area contributed by atoms with Crippen molar-refractivity contribution < 1.29 is 26.4 Å². The maximum atomic E-state index is 14.1. The van der Waals surface area contributed by atoms with Crippen LogP contribution in [0.15, 0.2) is 70.5 Å². The van der Waals surface area contributed by atoms with Crippen LogP contribution in [0.25, 0.3) is 10.9 Å². The number of amidine groups is 1. The first-order valence-electron chi connectivity index (χ1n) is 15.9. The number of carbonyl (C=O) groups is 1. The number of nitrogen functional groups attached to an aromatic ring is 1. The Morgan fingerprint density at radius 2 is 1.62 bits per heavy atom. The van der Waals surface area contributed by atoms with E-state index in [-0.39, 0.29) is 95.4 Å². The molecule has 18 heteroatoms. The SMILES string of the molecule is Cc1cc(C)c2cccc(OCc3c(Cl)ccc(S(=O)(=O)N4CCC[C@H]4C(=O)N4CCN(S(=O)(=O)c5ccc(C(=N)N)cc5)CC4)c3Cl)c2n1.Cl.Cl. The number of piperazine rings is 1. The van der Waals surface area contributed by atoms with E-state index in [1.807, 2.05) is 32.0 Å². The Morgan fingerprint density at radius 1 is 0.942 bits per heavy atom. The number of amides is 1. The van der Waals surface area contributed by atoms with Crippen molar-refractivity contribution >= 4 is 90.7 Å². The minimum absolute atomic E-state index is 0. The Balaban J connectivity index is 0.00000302. The van der Waals surface area contributed by atoms with E-state index in [0.717, 1.165) is 16.6 Å². The normalized spacial score (nSPS) is 17.0. The average Bonchev–Trinajstić information content (AvgIpc) is 3.59. The second-order valence-electron chi connectivity index (χ2n) is 12.3. The van der Waals surface area contributed by atoms with Gasteiger partial charge in [0.15, 0.2) is 0 Å². The molecule has 3 aromatic carbocycles. The van der Waals surface area contributed by atoms with E-state index < -0.39 is 32.0 Å². The molecule has 2 aliphatic heterocycles. The molecule has 2 saturated heterocycles. The molecule has 2 fully saturated rings. The van der Waals surface area contributed by atoms with Crippen LogP contribution in [-0.4, -0.2) is 85.8 Å². The number of carbonyl (C=O) groups excluding carboxylic acids is 1. The van der Waals surface area contributed by atoms with Crippen molar-refractivity contribution in [2.45, 2.75) is 49.1 Å². The summed E-state index contributed by atoms with van der Waals surface area (Å²) in [4.78, 5) is 19.8. The van der Waals surface area contributed by atoms with Crippen molar-refractivity contribution in [2.24, 2.45) is 5.73 Å². The molecule has 1 aromatic heterocycles. The number of nitrogens with two attached hydrogens (primary N) is 1. The molecular formula is C34H38Cl4N6O6S2. The summed E-state index contributed by atoms with van der Waals surface area (Å²) < 4.78 is 63.3. The summed E-state index contributed by atoms with van der Waals surface area (Å²) in [5.41, 5.74) is 8.71. The van der Waals surface area contributed by atoms with Gasteiger partial charge in [0, 0.05) is 60.0 Å². The van der Waals surface area contributed by atoms with Crippen LogP contribution in [-0.2, 0) is 31.4 Å². The number of halogens is 4. The van der Waals surface area contributed by atoms with Crippen LogP contribution < -0.4 is 10.5 Å². The highest BCUT2D eigenvalue weighted by Gasteiger charge is 2.43. The van der Waals surface area contributed by atoms with Crippen molar-refractivity contribution in [1.82, 2.24) is 18.5 Å². The van der Waals surface area contributed by atoms with Crippen LogP contribution in [0.2, 0.25) is 10.0 Å². The Bertz CT molecular complexity index is 2220. The van der Waals surface area contributed by atoms with Gasteiger partial charge < -0.3 is 15.4 Å². The van der Waals surface area contributed by atoms with Gasteiger partial charge in [-0.15, -0.1) is 24.8 Å². The fourth-order valence-electron chi connectivity index (χ4n) is 6.45. The number of nitrogens with one attached hydrogen (secondary N) is 1. The van der Waals surface area contributed by atoms with Gasteiger partial charge in [-0.05, 0) is 80.8 Å². The van der Waals surface area contributed by atoms with Gasteiger partial charge >= 0.3 is 0 Å². The van der Waals surface area contributed by atoms with Crippen LogP contribution >= 0.6 is 48.0 Å². The number of rotatable bonds is 9. The molecule has 1 amide bonds. The summed E-state index contributed by atoms with van der Waals surface area (Å²) in [7, 11) is -8.11. The number of ether oxygens (including phenoxy) is 1. The second-order valence-corrected chi connectivity index (χ2v) is 16.9. The van der Waals surface area contributed by atoms with E-state index in [4.69, 9.17) is 39.1 Å². The van der Waals surface area contributed by atoms with Gasteiger partial charge in [0.1, 0.15) is 34.6 Å². The largest absolute Gasteiger partial charge is 0.487 e. The van der Waals surface area contributed by atoms with Crippen molar-refractivity contribution in [2.75, 3.05) is 32.7 Å². The summed E-state index contributed by atoms with van der Waals surface area (Å²) in [5.74, 6) is -0.0630. The number of hydrogen-bond donors (Lipinski definition) is 2. The highest BCUT2D eigenvalue weighted by molar-refractivity contribution is 7.89. The van der Waals surface area contributed by atoms with Crippen LogP contribution in [0.4, 0.5) is 0 Å². The summed E-state index contributed by atoms with van der Waals surface area (Å²) in [6, 6.07) is 15.1. The monoisotopic (exact) mass is 830 g/mol. The van der Waals surface area contributed by atoms with Gasteiger partial charge in [-0.2, -0.15) is 8.61 Å². The number of pyridine rings is 1. The molecule has 1 atom stereocenters. The van der Waals surface area contributed by atoms with Crippen LogP contribution in [0.1, 0.15) is 35.2 Å². The van der Waals surface area contributed by atoms with Gasteiger partial charge in [0.25, 0.3) is 0 Å². The number of fused-ring (bicyclic) bond motifs is 1. The quantitative estimate of drug-likeness (QED) is 0.164.